The molecule has 0 heterocycles. The molecular formula is C18H18ClNO4. The molecule has 0 bridgehead atoms. The summed E-state index contributed by atoms with van der Waals surface area (Å²) in [4.78, 5) is 36.6. The van der Waals surface area contributed by atoms with E-state index >= 15 is 0 Å². The smallest absolute Gasteiger partial charge is 0.259 e. The summed E-state index contributed by atoms with van der Waals surface area (Å²) in [6, 6.07) is 5.04. The molecule has 1 aromatic carbocycles. The fourth-order valence-corrected chi connectivity index (χ4v) is 3.88. The Morgan fingerprint density at radius 2 is 1.96 bits per heavy atom. The Morgan fingerprint density at radius 1 is 1.29 bits per heavy atom. The van der Waals surface area contributed by atoms with Crippen LogP contribution in [0.2, 0.25) is 5.02 Å². The van der Waals surface area contributed by atoms with Crippen molar-refractivity contribution in [2.45, 2.75) is 38.0 Å². The second kappa shape index (κ2) is 6.06. The maximum atomic E-state index is 13.1. The van der Waals surface area contributed by atoms with E-state index in [9.17, 15) is 19.5 Å². The Balaban J connectivity index is 2.14. The van der Waals surface area contributed by atoms with Crippen molar-refractivity contribution in [1.82, 2.24) is 5.32 Å². The average Bonchev–Trinajstić information content (AvgIpc) is 3.02. The van der Waals surface area contributed by atoms with Crippen LogP contribution in [0.1, 0.15) is 43.7 Å². The zero-order valence-electron chi connectivity index (χ0n) is 13.3. The van der Waals surface area contributed by atoms with Crippen LogP contribution in [-0.4, -0.2) is 29.1 Å². The molecule has 1 amide bonds. The van der Waals surface area contributed by atoms with Crippen molar-refractivity contribution in [3.63, 3.8) is 0 Å². The van der Waals surface area contributed by atoms with Crippen molar-refractivity contribution in [1.29, 1.82) is 0 Å². The second-order valence-electron chi connectivity index (χ2n) is 6.42. The molecule has 1 spiro atoms. The van der Waals surface area contributed by atoms with Crippen LogP contribution in [0.5, 0.6) is 0 Å². The number of rotatable bonds is 3. The van der Waals surface area contributed by atoms with E-state index in [4.69, 9.17) is 11.6 Å². The summed E-state index contributed by atoms with van der Waals surface area (Å²) in [5.41, 5.74) is 0.106. The molecule has 0 atom stereocenters. The van der Waals surface area contributed by atoms with E-state index in [1.165, 1.54) is 6.92 Å². The number of hydrogen-bond acceptors (Lipinski definition) is 4. The van der Waals surface area contributed by atoms with Gasteiger partial charge in [0.2, 0.25) is 0 Å². The van der Waals surface area contributed by atoms with Crippen LogP contribution in [-0.2, 0) is 19.8 Å². The molecule has 2 aliphatic carbocycles. The van der Waals surface area contributed by atoms with Crippen LogP contribution in [0.25, 0.3) is 5.76 Å². The lowest BCUT2D eigenvalue weighted by atomic mass is 9.67. The first kappa shape index (κ1) is 16.7. The fourth-order valence-electron chi connectivity index (χ4n) is 3.71. The van der Waals surface area contributed by atoms with Gasteiger partial charge in [-0.25, -0.2) is 0 Å². The third-order valence-corrected chi connectivity index (χ3v) is 5.07. The number of carbonyl (C=O) groups is 3. The molecule has 2 aliphatic rings. The van der Waals surface area contributed by atoms with E-state index in [0.29, 0.717) is 23.4 Å². The summed E-state index contributed by atoms with van der Waals surface area (Å²) in [6.45, 7) is 1.16. The van der Waals surface area contributed by atoms with E-state index in [0.717, 1.165) is 18.4 Å². The molecule has 24 heavy (non-hydrogen) atoms. The zero-order chi connectivity index (χ0) is 17.5. The molecule has 0 saturated heterocycles. The van der Waals surface area contributed by atoms with Gasteiger partial charge in [0.1, 0.15) is 17.1 Å². The van der Waals surface area contributed by atoms with Crippen molar-refractivity contribution in [3.8, 4) is 0 Å². The molecule has 126 valence electrons. The number of aliphatic hydroxyl groups is 1. The van der Waals surface area contributed by atoms with E-state index in [-0.39, 0.29) is 29.4 Å². The Labute approximate surface area is 144 Å². The summed E-state index contributed by atoms with van der Waals surface area (Å²) in [7, 11) is 0. The minimum atomic E-state index is -0.783. The molecule has 6 heteroatoms. The highest BCUT2D eigenvalue weighted by atomic mass is 35.5. The molecule has 0 radical (unpaired) electrons. The maximum Gasteiger partial charge on any atom is 0.259 e. The van der Waals surface area contributed by atoms with Crippen LogP contribution in [0.15, 0.2) is 23.8 Å². The largest absolute Gasteiger partial charge is 0.506 e. The molecular weight excluding hydrogens is 330 g/mol. The topological polar surface area (TPSA) is 83.5 Å². The van der Waals surface area contributed by atoms with E-state index in [2.05, 4.69) is 5.32 Å². The Bertz CT molecular complexity index is 775. The third kappa shape index (κ3) is 2.53. The van der Waals surface area contributed by atoms with Crippen LogP contribution in [0, 0.1) is 0 Å². The number of fused-ring (bicyclic) bond motifs is 2. The number of halogens is 1. The van der Waals surface area contributed by atoms with Gasteiger partial charge in [-0.15, -0.1) is 0 Å². The standard InChI is InChI=1S/C18H18ClNO4/c1-10(21)9-20-17(24)14-15(22)12-8-11(19)4-5-13(12)18(16(14)23)6-2-3-7-18/h4-5,8,22H,2-3,6-7,9H2,1H3,(H,20,24). The lowest BCUT2D eigenvalue weighted by Crippen LogP contribution is -2.43. The number of Topliss-reactive ketones (excluding diaryl/α,β-unsaturated/α-hetero) is 2. The van der Waals surface area contributed by atoms with Gasteiger partial charge in [-0.1, -0.05) is 30.5 Å². The van der Waals surface area contributed by atoms with Crippen molar-refractivity contribution in [3.05, 3.63) is 39.9 Å². The minimum absolute atomic E-state index is 0.182. The molecule has 0 aromatic heterocycles. The van der Waals surface area contributed by atoms with Gasteiger partial charge in [-0.2, -0.15) is 0 Å². The number of nitrogens with one attached hydrogen (secondary N) is 1. The van der Waals surface area contributed by atoms with Crippen LogP contribution < -0.4 is 5.32 Å². The number of benzene rings is 1. The molecule has 1 aromatic rings. The first-order valence-electron chi connectivity index (χ1n) is 7.93. The number of aliphatic hydroxyl groups excluding tert-OH is 1. The monoisotopic (exact) mass is 347 g/mol. The van der Waals surface area contributed by atoms with E-state index in [1.807, 2.05) is 0 Å². The fraction of sp³-hybridized carbons (Fsp3) is 0.389. The normalized spacial score (nSPS) is 18.7. The predicted octanol–water partition coefficient (Wildman–Crippen LogP) is 2.71. The van der Waals surface area contributed by atoms with Crippen molar-refractivity contribution >= 4 is 34.8 Å². The van der Waals surface area contributed by atoms with Gasteiger partial charge >= 0.3 is 0 Å². The molecule has 1 saturated carbocycles. The molecule has 5 nitrogen and oxygen atoms in total. The first-order valence-corrected chi connectivity index (χ1v) is 8.31. The highest BCUT2D eigenvalue weighted by Crippen LogP contribution is 2.49. The van der Waals surface area contributed by atoms with Gasteiger partial charge in [0.15, 0.2) is 5.78 Å². The van der Waals surface area contributed by atoms with Gasteiger partial charge in [-0.3, -0.25) is 14.4 Å². The Kier molecular flexibility index (Phi) is 4.22. The quantitative estimate of drug-likeness (QED) is 0.823. The van der Waals surface area contributed by atoms with E-state index in [1.54, 1.807) is 18.2 Å². The number of amides is 1. The summed E-state index contributed by atoms with van der Waals surface area (Å²) in [5.74, 6) is -1.68. The maximum absolute atomic E-state index is 13.1. The van der Waals surface area contributed by atoms with Crippen LogP contribution in [0.3, 0.4) is 0 Å². The van der Waals surface area contributed by atoms with Gasteiger partial charge in [0.25, 0.3) is 5.91 Å². The summed E-state index contributed by atoms with van der Waals surface area (Å²) in [6.07, 6.45) is 3.04. The van der Waals surface area contributed by atoms with Crippen molar-refractivity contribution in [2.75, 3.05) is 6.54 Å². The van der Waals surface area contributed by atoms with Gasteiger partial charge in [0, 0.05) is 10.6 Å². The molecule has 3 rings (SSSR count). The lowest BCUT2D eigenvalue weighted by molar-refractivity contribution is -0.127. The summed E-state index contributed by atoms with van der Waals surface area (Å²) in [5, 5.41) is 13.4. The highest BCUT2D eigenvalue weighted by Gasteiger charge is 2.50. The minimum Gasteiger partial charge on any atom is -0.506 e. The Hall–Kier alpha value is -2.14. The zero-order valence-corrected chi connectivity index (χ0v) is 14.1. The highest BCUT2D eigenvalue weighted by molar-refractivity contribution is 6.32. The molecule has 0 unspecified atom stereocenters. The van der Waals surface area contributed by atoms with Crippen LogP contribution in [0.4, 0.5) is 0 Å². The van der Waals surface area contributed by atoms with Gasteiger partial charge in [0.05, 0.1) is 12.0 Å². The second-order valence-corrected chi connectivity index (χ2v) is 6.85. The number of carbonyl (C=O) groups excluding carboxylic acids is 3. The summed E-state index contributed by atoms with van der Waals surface area (Å²) < 4.78 is 0. The third-order valence-electron chi connectivity index (χ3n) is 4.83. The molecule has 2 N–H and O–H groups in total. The number of hydrogen-bond donors (Lipinski definition) is 2. The lowest BCUT2D eigenvalue weighted by Gasteiger charge is -2.34. The summed E-state index contributed by atoms with van der Waals surface area (Å²) >= 11 is 6.04. The van der Waals surface area contributed by atoms with E-state index < -0.39 is 11.3 Å². The molecule has 1 fully saturated rings. The van der Waals surface area contributed by atoms with Gasteiger partial charge < -0.3 is 10.4 Å². The SMILES string of the molecule is CC(=O)CNC(=O)C1=C(O)c2cc(Cl)ccc2C2(CCCC2)C1=O. The average molecular weight is 348 g/mol. The predicted molar refractivity (Wildman–Crippen MR) is 89.8 cm³/mol. The van der Waals surface area contributed by atoms with Crippen LogP contribution >= 0.6 is 11.6 Å². The van der Waals surface area contributed by atoms with Crippen molar-refractivity contribution < 1.29 is 19.5 Å². The number of ketones is 2. The Morgan fingerprint density at radius 3 is 2.58 bits per heavy atom. The van der Waals surface area contributed by atoms with Gasteiger partial charge in [-0.05, 0) is 37.5 Å². The molecule has 0 aliphatic heterocycles. The van der Waals surface area contributed by atoms with Crippen molar-refractivity contribution in [2.24, 2.45) is 0 Å². The first-order chi connectivity index (χ1) is 11.4.